The minimum Gasteiger partial charge on any atom is -0.457 e. The average molecular weight is 390 g/mol. The predicted molar refractivity (Wildman–Crippen MR) is 84.7 cm³/mol. The number of hydrogen-bond donors (Lipinski definition) is 0. The molecular formula is C16H15BrF3NO2. The van der Waals surface area contributed by atoms with E-state index in [9.17, 15) is 13.2 Å². The number of halogens is 4. The normalized spacial score (nSPS) is 11.6. The van der Waals surface area contributed by atoms with E-state index in [-0.39, 0.29) is 5.75 Å². The summed E-state index contributed by atoms with van der Waals surface area (Å²) in [7, 11) is 3.88. The third-order valence-electron chi connectivity index (χ3n) is 2.79. The standard InChI is InChI=1S/C16H15BrF3NO2/c1-21(2)10-11-9-12(17)3-8-15(11)22-13-4-6-14(7-5-13)23-16(18,19)20/h3-9H,10H2,1-2H3. The predicted octanol–water partition coefficient (Wildman–Crippen LogP) is 5.20. The van der Waals surface area contributed by atoms with Crippen LogP contribution in [0.15, 0.2) is 46.9 Å². The molecule has 2 aromatic carbocycles. The first-order valence-corrected chi connectivity index (χ1v) is 7.49. The van der Waals surface area contributed by atoms with Gasteiger partial charge in [0, 0.05) is 16.6 Å². The van der Waals surface area contributed by atoms with Gasteiger partial charge in [0.05, 0.1) is 0 Å². The zero-order valence-electron chi connectivity index (χ0n) is 12.5. The molecule has 0 radical (unpaired) electrons. The van der Waals surface area contributed by atoms with E-state index in [0.717, 1.165) is 10.0 Å². The van der Waals surface area contributed by atoms with E-state index in [2.05, 4.69) is 20.7 Å². The molecule has 3 nitrogen and oxygen atoms in total. The summed E-state index contributed by atoms with van der Waals surface area (Å²) in [5.41, 5.74) is 0.958. The van der Waals surface area contributed by atoms with Crippen LogP contribution in [0, 0.1) is 0 Å². The number of benzene rings is 2. The van der Waals surface area contributed by atoms with Gasteiger partial charge in [-0.2, -0.15) is 0 Å². The maximum atomic E-state index is 12.1. The van der Waals surface area contributed by atoms with E-state index < -0.39 is 6.36 Å². The van der Waals surface area contributed by atoms with Crippen LogP contribution in [0.5, 0.6) is 17.2 Å². The quantitative estimate of drug-likeness (QED) is 0.701. The first-order valence-electron chi connectivity index (χ1n) is 6.70. The smallest absolute Gasteiger partial charge is 0.457 e. The lowest BCUT2D eigenvalue weighted by Crippen LogP contribution is -2.16. The van der Waals surface area contributed by atoms with Gasteiger partial charge in [0.2, 0.25) is 0 Å². The molecule has 0 aromatic heterocycles. The highest BCUT2D eigenvalue weighted by atomic mass is 79.9. The number of nitrogens with zero attached hydrogens (tertiary/aromatic N) is 1. The summed E-state index contributed by atoms with van der Waals surface area (Å²) >= 11 is 3.41. The SMILES string of the molecule is CN(C)Cc1cc(Br)ccc1Oc1ccc(OC(F)(F)F)cc1. The number of ether oxygens (including phenoxy) is 2. The lowest BCUT2D eigenvalue weighted by atomic mass is 10.2. The molecule has 2 aromatic rings. The molecule has 0 spiro atoms. The lowest BCUT2D eigenvalue weighted by Gasteiger charge is -2.15. The Labute approximate surface area is 140 Å². The summed E-state index contributed by atoms with van der Waals surface area (Å²) in [5.74, 6) is 0.794. The van der Waals surface area contributed by atoms with Crippen molar-refractivity contribution in [1.82, 2.24) is 4.90 Å². The number of rotatable bonds is 5. The van der Waals surface area contributed by atoms with Gasteiger partial charge in [0.15, 0.2) is 0 Å². The van der Waals surface area contributed by atoms with E-state index in [1.54, 1.807) is 0 Å². The van der Waals surface area contributed by atoms with Crippen molar-refractivity contribution in [3.8, 4) is 17.2 Å². The van der Waals surface area contributed by atoms with Gasteiger partial charge in [-0.25, -0.2) is 0 Å². The highest BCUT2D eigenvalue weighted by Gasteiger charge is 2.30. The first-order chi connectivity index (χ1) is 10.7. The summed E-state index contributed by atoms with van der Waals surface area (Å²) in [6.45, 7) is 0.671. The van der Waals surface area contributed by atoms with E-state index >= 15 is 0 Å². The molecule has 0 saturated carbocycles. The van der Waals surface area contributed by atoms with Gasteiger partial charge in [-0.3, -0.25) is 0 Å². The van der Waals surface area contributed by atoms with Crippen molar-refractivity contribution in [3.63, 3.8) is 0 Å². The van der Waals surface area contributed by atoms with E-state index in [0.29, 0.717) is 18.0 Å². The Hall–Kier alpha value is -1.73. The molecule has 0 fully saturated rings. The molecule has 0 heterocycles. The van der Waals surface area contributed by atoms with Crippen LogP contribution in [0.25, 0.3) is 0 Å². The summed E-state index contributed by atoms with van der Waals surface area (Å²) in [5, 5.41) is 0. The fourth-order valence-electron chi connectivity index (χ4n) is 1.95. The molecule has 0 aliphatic carbocycles. The Morgan fingerprint density at radius 1 is 1.00 bits per heavy atom. The molecular weight excluding hydrogens is 375 g/mol. The molecule has 0 N–H and O–H groups in total. The van der Waals surface area contributed by atoms with Gasteiger partial charge in [0.1, 0.15) is 17.2 Å². The van der Waals surface area contributed by atoms with Gasteiger partial charge >= 0.3 is 6.36 Å². The van der Waals surface area contributed by atoms with Crippen LogP contribution in [0.4, 0.5) is 13.2 Å². The van der Waals surface area contributed by atoms with Gasteiger partial charge in [0.25, 0.3) is 0 Å². The zero-order valence-corrected chi connectivity index (χ0v) is 14.1. The van der Waals surface area contributed by atoms with Gasteiger partial charge in [-0.15, -0.1) is 13.2 Å². The van der Waals surface area contributed by atoms with Crippen molar-refractivity contribution in [3.05, 3.63) is 52.5 Å². The van der Waals surface area contributed by atoms with Crippen molar-refractivity contribution >= 4 is 15.9 Å². The van der Waals surface area contributed by atoms with Crippen molar-refractivity contribution < 1.29 is 22.6 Å². The topological polar surface area (TPSA) is 21.7 Å². The molecule has 124 valence electrons. The third-order valence-corrected chi connectivity index (χ3v) is 3.29. The van der Waals surface area contributed by atoms with Crippen molar-refractivity contribution in [2.24, 2.45) is 0 Å². The fourth-order valence-corrected chi connectivity index (χ4v) is 2.36. The Balaban J connectivity index is 2.16. The van der Waals surface area contributed by atoms with Crippen LogP contribution >= 0.6 is 15.9 Å². The molecule has 7 heteroatoms. The Morgan fingerprint density at radius 3 is 2.17 bits per heavy atom. The highest BCUT2D eigenvalue weighted by Crippen LogP contribution is 2.31. The minimum absolute atomic E-state index is 0.283. The van der Waals surface area contributed by atoms with E-state index in [1.807, 2.05) is 37.2 Å². The van der Waals surface area contributed by atoms with E-state index in [4.69, 9.17) is 4.74 Å². The van der Waals surface area contributed by atoms with Crippen LogP contribution in [0.3, 0.4) is 0 Å². The molecule has 0 saturated heterocycles. The van der Waals surface area contributed by atoms with Crippen molar-refractivity contribution in [2.45, 2.75) is 12.9 Å². The molecule has 0 aliphatic rings. The first kappa shape index (κ1) is 17.6. The lowest BCUT2D eigenvalue weighted by molar-refractivity contribution is -0.274. The number of hydrogen-bond acceptors (Lipinski definition) is 3. The second-order valence-corrected chi connectivity index (χ2v) is 6.03. The van der Waals surface area contributed by atoms with Gasteiger partial charge in [-0.1, -0.05) is 15.9 Å². The van der Waals surface area contributed by atoms with Crippen LogP contribution in [-0.2, 0) is 6.54 Å². The Morgan fingerprint density at radius 2 is 1.61 bits per heavy atom. The second-order valence-electron chi connectivity index (χ2n) is 5.11. The second kappa shape index (κ2) is 7.23. The van der Waals surface area contributed by atoms with Crippen LogP contribution in [0.2, 0.25) is 0 Å². The largest absolute Gasteiger partial charge is 0.573 e. The minimum atomic E-state index is -4.70. The maximum Gasteiger partial charge on any atom is 0.573 e. The maximum absolute atomic E-state index is 12.1. The third kappa shape index (κ3) is 5.76. The molecule has 0 atom stereocenters. The molecule has 2 rings (SSSR count). The summed E-state index contributed by atoms with van der Waals surface area (Å²) < 4.78 is 46.9. The molecule has 0 aliphatic heterocycles. The van der Waals surface area contributed by atoms with Crippen LogP contribution < -0.4 is 9.47 Å². The van der Waals surface area contributed by atoms with Crippen LogP contribution in [0.1, 0.15) is 5.56 Å². The highest BCUT2D eigenvalue weighted by molar-refractivity contribution is 9.10. The monoisotopic (exact) mass is 389 g/mol. The van der Waals surface area contributed by atoms with Crippen LogP contribution in [-0.4, -0.2) is 25.4 Å². The van der Waals surface area contributed by atoms with E-state index in [1.165, 1.54) is 24.3 Å². The molecule has 0 amide bonds. The van der Waals surface area contributed by atoms with Crippen molar-refractivity contribution in [2.75, 3.05) is 14.1 Å². The Kier molecular flexibility index (Phi) is 5.54. The zero-order chi connectivity index (χ0) is 17.0. The summed E-state index contributed by atoms with van der Waals surface area (Å²) in [6, 6.07) is 10.9. The molecule has 0 bridgehead atoms. The molecule has 0 unspecified atom stereocenters. The summed E-state index contributed by atoms with van der Waals surface area (Å²) in [6.07, 6.45) is -4.70. The number of alkyl halides is 3. The molecule has 23 heavy (non-hydrogen) atoms. The van der Waals surface area contributed by atoms with Gasteiger partial charge < -0.3 is 14.4 Å². The average Bonchev–Trinajstić information content (AvgIpc) is 2.41. The van der Waals surface area contributed by atoms with Gasteiger partial charge in [-0.05, 0) is 56.6 Å². The Bertz CT molecular complexity index is 657. The fraction of sp³-hybridized carbons (Fsp3) is 0.250. The summed E-state index contributed by atoms with van der Waals surface area (Å²) in [4.78, 5) is 1.99. The van der Waals surface area contributed by atoms with Crippen molar-refractivity contribution in [1.29, 1.82) is 0 Å².